The van der Waals surface area contributed by atoms with Gasteiger partial charge in [0.1, 0.15) is 11.5 Å². The molecule has 0 spiro atoms. The number of benzene rings is 1. The van der Waals surface area contributed by atoms with Crippen LogP contribution in [-0.2, 0) is 16.1 Å². The number of ketones is 1. The summed E-state index contributed by atoms with van der Waals surface area (Å²) in [6.45, 7) is 0.998. The van der Waals surface area contributed by atoms with E-state index in [1.807, 2.05) is 39.9 Å². The van der Waals surface area contributed by atoms with Gasteiger partial charge in [0.2, 0.25) is 5.91 Å². The van der Waals surface area contributed by atoms with Gasteiger partial charge in [0.25, 0.3) is 0 Å². The van der Waals surface area contributed by atoms with Gasteiger partial charge in [-0.1, -0.05) is 24.4 Å². The maximum absolute atomic E-state index is 13.4. The zero-order chi connectivity index (χ0) is 25.8. The lowest BCUT2D eigenvalue weighted by atomic mass is 10.0. The number of halogens is 1. The van der Waals surface area contributed by atoms with Gasteiger partial charge >= 0.3 is 0 Å². The van der Waals surface area contributed by atoms with Gasteiger partial charge in [-0.15, -0.1) is 0 Å². The van der Waals surface area contributed by atoms with Crippen molar-refractivity contribution in [3.05, 3.63) is 47.7 Å². The average Bonchev–Trinajstić information content (AvgIpc) is 3.67. The van der Waals surface area contributed by atoms with E-state index in [4.69, 9.17) is 26.4 Å². The number of aromatic nitrogens is 4. The largest absolute Gasteiger partial charge is 0.495 e. The van der Waals surface area contributed by atoms with E-state index in [0.29, 0.717) is 48.4 Å². The van der Waals surface area contributed by atoms with E-state index in [9.17, 15) is 9.59 Å². The van der Waals surface area contributed by atoms with Crippen LogP contribution in [-0.4, -0.2) is 56.0 Å². The minimum Gasteiger partial charge on any atom is -0.495 e. The van der Waals surface area contributed by atoms with Crippen molar-refractivity contribution in [2.75, 3.05) is 13.7 Å². The van der Waals surface area contributed by atoms with Crippen LogP contribution in [0, 0.1) is 5.92 Å². The molecular formula is C28H32ClN5O3. The number of carbonyl (C=O) groups excluding carboxylic acids is 2. The van der Waals surface area contributed by atoms with Crippen molar-refractivity contribution in [2.24, 2.45) is 5.92 Å². The number of amides is 1. The van der Waals surface area contributed by atoms with Gasteiger partial charge in [-0.05, 0) is 56.0 Å². The Morgan fingerprint density at radius 3 is 2.57 bits per heavy atom. The van der Waals surface area contributed by atoms with Crippen LogP contribution in [0.1, 0.15) is 51.4 Å². The molecule has 1 amide bonds. The summed E-state index contributed by atoms with van der Waals surface area (Å²) >= 11 is 6.43. The number of hydrogen-bond acceptors (Lipinski definition) is 6. The second kappa shape index (κ2) is 11.4. The van der Waals surface area contributed by atoms with E-state index in [1.165, 1.54) is 0 Å². The minimum atomic E-state index is -0.127. The van der Waals surface area contributed by atoms with Gasteiger partial charge in [-0.2, -0.15) is 5.10 Å². The van der Waals surface area contributed by atoms with E-state index >= 15 is 0 Å². The highest BCUT2D eigenvalue weighted by molar-refractivity contribution is 6.32. The monoisotopic (exact) mass is 521 g/mol. The second-order valence-corrected chi connectivity index (χ2v) is 10.3. The molecule has 0 saturated heterocycles. The highest BCUT2D eigenvalue weighted by Gasteiger charge is 2.32. The SMILES string of the molecule is COc1ccc(-c2nc(-c3ccncc3)nn2CCN(C(=O)CC2CCCC2=O)C2CCCC2)cc1Cl. The van der Waals surface area contributed by atoms with Crippen molar-refractivity contribution in [1.29, 1.82) is 0 Å². The molecular weight excluding hydrogens is 490 g/mol. The first-order valence-electron chi connectivity index (χ1n) is 13.0. The first-order chi connectivity index (χ1) is 18.0. The Labute approximate surface area is 222 Å². The first-order valence-corrected chi connectivity index (χ1v) is 13.4. The molecule has 8 nitrogen and oxygen atoms in total. The quantitative estimate of drug-likeness (QED) is 0.384. The normalized spacial score (nSPS) is 17.9. The van der Waals surface area contributed by atoms with E-state index in [2.05, 4.69) is 4.98 Å². The van der Waals surface area contributed by atoms with Gasteiger partial charge in [-0.3, -0.25) is 14.6 Å². The fourth-order valence-electron chi connectivity index (χ4n) is 5.50. The Morgan fingerprint density at radius 2 is 1.89 bits per heavy atom. The highest BCUT2D eigenvalue weighted by atomic mass is 35.5. The Bertz CT molecular complexity index is 1260. The molecule has 2 saturated carbocycles. The molecule has 1 atom stereocenters. The summed E-state index contributed by atoms with van der Waals surface area (Å²) in [5.41, 5.74) is 1.67. The number of Topliss-reactive ketones (excluding diaryl/α,β-unsaturated/α-hetero) is 1. The lowest BCUT2D eigenvalue weighted by Gasteiger charge is -2.30. The lowest BCUT2D eigenvalue weighted by molar-refractivity contribution is -0.137. The van der Waals surface area contributed by atoms with Crippen molar-refractivity contribution in [3.63, 3.8) is 0 Å². The number of hydrogen-bond donors (Lipinski definition) is 0. The van der Waals surface area contributed by atoms with Gasteiger partial charge in [0.15, 0.2) is 11.6 Å². The molecule has 9 heteroatoms. The standard InChI is InChI=1S/C28H32ClN5O3/c1-37-25-10-9-21(17-23(25)29)28-31-27(19-11-13-30-14-12-19)32-34(28)16-15-33(22-6-2-3-7-22)26(36)18-20-5-4-8-24(20)35/h9-14,17,20,22H,2-8,15-16,18H2,1H3. The molecule has 0 radical (unpaired) electrons. The molecule has 0 bridgehead atoms. The van der Waals surface area contributed by atoms with Gasteiger partial charge in [0.05, 0.1) is 18.7 Å². The molecule has 2 aliphatic carbocycles. The maximum atomic E-state index is 13.4. The van der Waals surface area contributed by atoms with Crippen LogP contribution in [0.25, 0.3) is 22.8 Å². The van der Waals surface area contributed by atoms with Crippen molar-refractivity contribution in [3.8, 4) is 28.5 Å². The van der Waals surface area contributed by atoms with E-state index < -0.39 is 0 Å². The molecule has 37 heavy (non-hydrogen) atoms. The molecule has 2 fully saturated rings. The molecule has 1 unspecified atom stereocenters. The number of ether oxygens (including phenoxy) is 1. The summed E-state index contributed by atoms with van der Waals surface area (Å²) in [5.74, 6) is 2.02. The molecule has 5 rings (SSSR count). The Hall–Kier alpha value is -3.26. The van der Waals surface area contributed by atoms with Crippen molar-refractivity contribution in [1.82, 2.24) is 24.6 Å². The summed E-state index contributed by atoms with van der Waals surface area (Å²) in [6.07, 6.45) is 10.3. The fraction of sp³-hybridized carbons (Fsp3) is 0.464. The summed E-state index contributed by atoms with van der Waals surface area (Å²) in [6, 6.07) is 9.51. The van der Waals surface area contributed by atoms with Crippen molar-refractivity contribution >= 4 is 23.3 Å². The predicted octanol–water partition coefficient (Wildman–Crippen LogP) is 5.20. The third kappa shape index (κ3) is 5.69. The smallest absolute Gasteiger partial charge is 0.223 e. The molecule has 3 aromatic rings. The number of methoxy groups -OCH3 is 1. The molecule has 194 valence electrons. The zero-order valence-corrected chi connectivity index (χ0v) is 21.9. The number of carbonyl (C=O) groups is 2. The molecule has 1 aromatic carbocycles. The average molecular weight is 522 g/mol. The lowest BCUT2D eigenvalue weighted by Crippen LogP contribution is -2.42. The Kier molecular flexibility index (Phi) is 7.84. The van der Waals surface area contributed by atoms with Crippen LogP contribution in [0.5, 0.6) is 5.75 Å². The van der Waals surface area contributed by atoms with E-state index in [-0.39, 0.29) is 23.7 Å². The van der Waals surface area contributed by atoms with Gasteiger partial charge in [0, 0.05) is 54.9 Å². The maximum Gasteiger partial charge on any atom is 0.223 e. The van der Waals surface area contributed by atoms with Gasteiger partial charge < -0.3 is 9.64 Å². The first kappa shape index (κ1) is 25.4. The van der Waals surface area contributed by atoms with E-state index in [0.717, 1.165) is 49.7 Å². The molecule has 0 N–H and O–H groups in total. The van der Waals surface area contributed by atoms with Crippen LogP contribution in [0.4, 0.5) is 0 Å². The zero-order valence-electron chi connectivity index (χ0n) is 21.1. The Balaban J connectivity index is 1.42. The van der Waals surface area contributed by atoms with Crippen LogP contribution >= 0.6 is 11.6 Å². The number of pyridine rings is 1. The number of nitrogens with zero attached hydrogens (tertiary/aromatic N) is 5. The molecule has 2 heterocycles. The molecule has 0 aliphatic heterocycles. The van der Waals surface area contributed by atoms with Crippen LogP contribution in [0.3, 0.4) is 0 Å². The topological polar surface area (TPSA) is 90.2 Å². The molecule has 2 aromatic heterocycles. The fourth-order valence-corrected chi connectivity index (χ4v) is 5.76. The molecule has 2 aliphatic rings. The van der Waals surface area contributed by atoms with Gasteiger partial charge in [-0.25, -0.2) is 9.67 Å². The second-order valence-electron chi connectivity index (χ2n) is 9.85. The van der Waals surface area contributed by atoms with Crippen LogP contribution in [0.2, 0.25) is 5.02 Å². The van der Waals surface area contributed by atoms with E-state index in [1.54, 1.807) is 19.5 Å². The summed E-state index contributed by atoms with van der Waals surface area (Å²) in [7, 11) is 1.58. The third-order valence-electron chi connectivity index (χ3n) is 7.51. The predicted molar refractivity (Wildman–Crippen MR) is 141 cm³/mol. The summed E-state index contributed by atoms with van der Waals surface area (Å²) in [4.78, 5) is 36.6. The third-order valence-corrected chi connectivity index (χ3v) is 7.81. The van der Waals surface area contributed by atoms with Crippen molar-refractivity contribution in [2.45, 2.75) is 64.0 Å². The number of rotatable bonds is 9. The summed E-state index contributed by atoms with van der Waals surface area (Å²) in [5, 5.41) is 5.30. The highest BCUT2D eigenvalue weighted by Crippen LogP contribution is 2.32. The summed E-state index contributed by atoms with van der Waals surface area (Å²) < 4.78 is 7.17. The van der Waals surface area contributed by atoms with Crippen LogP contribution in [0.15, 0.2) is 42.7 Å². The van der Waals surface area contributed by atoms with Crippen LogP contribution < -0.4 is 4.74 Å². The Morgan fingerprint density at radius 1 is 1.11 bits per heavy atom. The van der Waals surface area contributed by atoms with Crippen molar-refractivity contribution < 1.29 is 14.3 Å². The minimum absolute atomic E-state index is 0.0793.